The number of aryl methyl sites for hydroxylation is 1. The quantitative estimate of drug-likeness (QED) is 0.242. The van der Waals surface area contributed by atoms with Crippen LogP contribution in [0.1, 0.15) is 18.9 Å². The van der Waals surface area contributed by atoms with Gasteiger partial charge in [-0.3, -0.25) is 9.89 Å². The van der Waals surface area contributed by atoms with E-state index in [1.54, 1.807) is 7.05 Å². The monoisotopic (exact) mass is 489 g/mol. The maximum atomic E-state index is 5.32. The number of ether oxygens (including phenoxy) is 1. The minimum Gasteiger partial charge on any atom is -0.380 e. The number of benzene rings is 1. The summed E-state index contributed by atoms with van der Waals surface area (Å²) in [6.45, 7) is 13.0. The van der Waals surface area contributed by atoms with E-state index in [1.807, 2.05) is 6.92 Å². The van der Waals surface area contributed by atoms with Crippen molar-refractivity contribution in [3.05, 3.63) is 29.8 Å². The Morgan fingerprint density at radius 3 is 2.56 bits per heavy atom. The lowest BCUT2D eigenvalue weighted by Crippen LogP contribution is -2.47. The van der Waals surface area contributed by atoms with Crippen molar-refractivity contribution in [2.24, 2.45) is 4.99 Å². The van der Waals surface area contributed by atoms with Gasteiger partial charge in [-0.05, 0) is 44.5 Å². The van der Waals surface area contributed by atoms with Gasteiger partial charge in [-0.25, -0.2) is 0 Å². The second-order valence-corrected chi connectivity index (χ2v) is 6.64. The molecule has 0 saturated carbocycles. The van der Waals surface area contributed by atoms with Crippen molar-refractivity contribution in [2.45, 2.75) is 20.3 Å². The summed E-state index contributed by atoms with van der Waals surface area (Å²) in [6, 6.07) is 8.81. The van der Waals surface area contributed by atoms with Crippen LogP contribution in [0.3, 0.4) is 0 Å². The first kappa shape index (κ1) is 24.0. The van der Waals surface area contributed by atoms with E-state index in [4.69, 9.17) is 4.74 Å². The summed E-state index contributed by atoms with van der Waals surface area (Å²) >= 11 is 0. The first-order chi connectivity index (χ1) is 12.7. The fourth-order valence-electron chi connectivity index (χ4n) is 3.17. The fourth-order valence-corrected chi connectivity index (χ4v) is 3.17. The highest BCUT2D eigenvalue weighted by atomic mass is 127. The van der Waals surface area contributed by atoms with Crippen molar-refractivity contribution >= 4 is 35.6 Å². The van der Waals surface area contributed by atoms with Crippen molar-refractivity contribution in [3.63, 3.8) is 0 Å². The molecule has 1 aliphatic rings. The molecule has 7 heteroatoms. The molecule has 0 spiro atoms. The van der Waals surface area contributed by atoms with Gasteiger partial charge in [-0.15, -0.1) is 24.0 Å². The number of nitrogens with one attached hydrogen (secondary N) is 2. The molecule has 1 aromatic rings. The van der Waals surface area contributed by atoms with Crippen molar-refractivity contribution < 1.29 is 4.74 Å². The van der Waals surface area contributed by atoms with Crippen molar-refractivity contribution in [1.82, 2.24) is 15.5 Å². The summed E-state index contributed by atoms with van der Waals surface area (Å²) in [4.78, 5) is 9.29. The molecule has 6 nitrogen and oxygen atoms in total. The molecule has 27 heavy (non-hydrogen) atoms. The summed E-state index contributed by atoms with van der Waals surface area (Å²) in [5, 5.41) is 6.64. The number of aliphatic imine (C=N–C) groups is 1. The zero-order valence-corrected chi connectivity index (χ0v) is 19.4. The third-order valence-electron chi connectivity index (χ3n) is 4.65. The largest absolute Gasteiger partial charge is 0.380 e. The molecule has 0 radical (unpaired) electrons. The van der Waals surface area contributed by atoms with Gasteiger partial charge in [-0.1, -0.05) is 12.1 Å². The van der Waals surface area contributed by atoms with Gasteiger partial charge in [-0.2, -0.15) is 0 Å². The molecule has 2 rings (SSSR count). The topological polar surface area (TPSA) is 52.1 Å². The second kappa shape index (κ2) is 14.0. The van der Waals surface area contributed by atoms with Crippen LogP contribution in [0.2, 0.25) is 0 Å². The van der Waals surface area contributed by atoms with Gasteiger partial charge in [0, 0.05) is 58.6 Å². The van der Waals surface area contributed by atoms with E-state index < -0.39 is 0 Å². The van der Waals surface area contributed by atoms with Gasteiger partial charge >= 0.3 is 0 Å². The smallest absolute Gasteiger partial charge is 0.191 e. The van der Waals surface area contributed by atoms with E-state index in [0.29, 0.717) is 6.61 Å². The van der Waals surface area contributed by atoms with Crippen LogP contribution in [0.4, 0.5) is 5.69 Å². The number of hydrogen-bond acceptors (Lipinski definition) is 4. The minimum absolute atomic E-state index is 0. The zero-order chi connectivity index (χ0) is 18.6. The molecule has 1 saturated heterocycles. The van der Waals surface area contributed by atoms with Gasteiger partial charge in [0.05, 0.1) is 6.61 Å². The van der Waals surface area contributed by atoms with Crippen LogP contribution in [-0.4, -0.2) is 76.9 Å². The molecule has 0 aliphatic carbocycles. The maximum Gasteiger partial charge on any atom is 0.191 e. The van der Waals surface area contributed by atoms with E-state index >= 15 is 0 Å². The molecule has 154 valence electrons. The van der Waals surface area contributed by atoms with Crippen LogP contribution in [0.25, 0.3) is 0 Å². The Kier molecular flexibility index (Phi) is 12.4. The molecule has 1 aromatic carbocycles. The number of nitrogens with zero attached hydrogens (tertiary/aromatic N) is 3. The van der Waals surface area contributed by atoms with E-state index in [2.05, 4.69) is 56.6 Å². The number of anilines is 1. The van der Waals surface area contributed by atoms with E-state index in [0.717, 1.165) is 64.8 Å². The average Bonchev–Trinajstić information content (AvgIpc) is 2.67. The highest BCUT2D eigenvalue weighted by molar-refractivity contribution is 14.0. The lowest BCUT2D eigenvalue weighted by atomic mass is 10.2. The first-order valence-corrected chi connectivity index (χ1v) is 9.79. The van der Waals surface area contributed by atoms with E-state index in [-0.39, 0.29) is 24.0 Å². The Bertz CT molecular complexity index is 547. The maximum absolute atomic E-state index is 5.32. The lowest BCUT2D eigenvalue weighted by molar-refractivity contribution is 0.152. The van der Waals surface area contributed by atoms with Crippen LogP contribution < -0.4 is 15.5 Å². The summed E-state index contributed by atoms with van der Waals surface area (Å²) in [5.41, 5.74) is 2.69. The molecule has 2 N–H and O–H groups in total. The van der Waals surface area contributed by atoms with Gasteiger partial charge in [0.15, 0.2) is 5.96 Å². The number of guanidine groups is 1. The Morgan fingerprint density at radius 1 is 1.15 bits per heavy atom. The SMILES string of the molecule is CCOCCNC(=NC)NCCCN1CCN(c2cccc(C)c2)CC1.I. The molecule has 1 fully saturated rings. The predicted octanol–water partition coefficient (Wildman–Crippen LogP) is 2.33. The first-order valence-electron chi connectivity index (χ1n) is 9.79. The third kappa shape index (κ3) is 9.12. The highest BCUT2D eigenvalue weighted by Crippen LogP contribution is 2.17. The van der Waals surface area contributed by atoms with Crippen LogP contribution in [-0.2, 0) is 4.74 Å². The van der Waals surface area contributed by atoms with E-state index in [9.17, 15) is 0 Å². The Balaban J connectivity index is 0.00000364. The lowest BCUT2D eigenvalue weighted by Gasteiger charge is -2.36. The van der Waals surface area contributed by atoms with Crippen LogP contribution in [0.5, 0.6) is 0 Å². The van der Waals surface area contributed by atoms with Crippen molar-refractivity contribution in [2.75, 3.05) is 71.0 Å². The standard InChI is InChI=1S/C20H35N5O.HI/c1-4-26-16-10-23-20(21-3)22-9-6-11-24-12-14-25(15-13-24)19-8-5-7-18(2)17-19;/h5,7-8,17H,4,6,9-16H2,1-3H3,(H2,21,22,23);1H. The summed E-state index contributed by atoms with van der Waals surface area (Å²) in [7, 11) is 1.81. The van der Waals surface area contributed by atoms with Crippen molar-refractivity contribution in [3.8, 4) is 0 Å². The van der Waals surface area contributed by atoms with E-state index in [1.165, 1.54) is 11.3 Å². The van der Waals surface area contributed by atoms with Crippen LogP contribution >= 0.6 is 24.0 Å². The molecule has 0 bridgehead atoms. The highest BCUT2D eigenvalue weighted by Gasteiger charge is 2.16. The average molecular weight is 489 g/mol. The molecule has 0 atom stereocenters. The Morgan fingerprint density at radius 2 is 1.89 bits per heavy atom. The minimum atomic E-state index is 0. The zero-order valence-electron chi connectivity index (χ0n) is 17.0. The Hall–Kier alpha value is -1.06. The van der Waals surface area contributed by atoms with Gasteiger partial charge in [0.1, 0.15) is 0 Å². The molecule has 0 amide bonds. The summed E-state index contributed by atoms with van der Waals surface area (Å²) < 4.78 is 5.32. The number of rotatable bonds is 9. The summed E-state index contributed by atoms with van der Waals surface area (Å²) in [5.74, 6) is 0.856. The van der Waals surface area contributed by atoms with Crippen LogP contribution in [0.15, 0.2) is 29.3 Å². The molecular formula is C20H36IN5O. The predicted molar refractivity (Wildman–Crippen MR) is 126 cm³/mol. The normalized spacial score (nSPS) is 15.4. The van der Waals surface area contributed by atoms with Gasteiger partial charge < -0.3 is 20.3 Å². The molecule has 0 unspecified atom stereocenters. The molecule has 0 aromatic heterocycles. The molecular weight excluding hydrogens is 453 g/mol. The second-order valence-electron chi connectivity index (χ2n) is 6.64. The summed E-state index contributed by atoms with van der Waals surface area (Å²) in [6.07, 6.45) is 1.12. The fraction of sp³-hybridized carbons (Fsp3) is 0.650. The Labute approximate surface area is 181 Å². The van der Waals surface area contributed by atoms with Gasteiger partial charge in [0.25, 0.3) is 0 Å². The van der Waals surface area contributed by atoms with Crippen molar-refractivity contribution in [1.29, 1.82) is 0 Å². The third-order valence-corrected chi connectivity index (χ3v) is 4.65. The number of halogens is 1. The molecule has 1 aliphatic heterocycles. The van der Waals surface area contributed by atoms with Crippen LogP contribution in [0, 0.1) is 6.92 Å². The number of hydrogen-bond donors (Lipinski definition) is 2. The van der Waals surface area contributed by atoms with Gasteiger partial charge in [0.2, 0.25) is 0 Å². The molecule has 1 heterocycles. The number of piperazine rings is 1.